The molecule has 0 saturated heterocycles. The Balaban J connectivity index is 1.48. The summed E-state index contributed by atoms with van der Waals surface area (Å²) in [6, 6.07) is 23.1. The van der Waals surface area contributed by atoms with E-state index < -0.39 is 5.97 Å². The number of hydrazone groups is 1. The Kier molecular flexibility index (Phi) is 7.94. The molecule has 0 aliphatic rings. The maximum atomic E-state index is 12.3. The number of nitrogens with one attached hydrogen (secondary N) is 1. The first kappa shape index (κ1) is 21.8. The van der Waals surface area contributed by atoms with Gasteiger partial charge in [-0.25, -0.2) is 10.2 Å². The molecule has 0 fully saturated rings. The van der Waals surface area contributed by atoms with Gasteiger partial charge in [-0.15, -0.1) is 0 Å². The minimum absolute atomic E-state index is 0.195. The Hall–Kier alpha value is -3.93. The predicted octanol–water partition coefficient (Wildman–Crippen LogP) is 4.39. The van der Waals surface area contributed by atoms with Crippen molar-refractivity contribution in [1.29, 1.82) is 0 Å². The predicted molar refractivity (Wildman–Crippen MR) is 120 cm³/mol. The highest BCUT2D eigenvalue weighted by Gasteiger charge is 2.09. The molecule has 1 amide bonds. The molecule has 3 aromatic carbocycles. The number of hydrogen-bond donors (Lipinski definition) is 1. The number of amides is 1. The van der Waals surface area contributed by atoms with E-state index in [9.17, 15) is 9.59 Å². The number of carbonyl (C=O) groups excluding carboxylic acids is 2. The second-order valence-electron chi connectivity index (χ2n) is 6.79. The van der Waals surface area contributed by atoms with Gasteiger partial charge in [0.05, 0.1) is 24.8 Å². The molecule has 0 spiro atoms. The summed E-state index contributed by atoms with van der Waals surface area (Å²) in [7, 11) is 0. The van der Waals surface area contributed by atoms with Gasteiger partial charge in [0.25, 0.3) is 0 Å². The first-order chi connectivity index (χ1) is 15.1. The van der Waals surface area contributed by atoms with Crippen LogP contribution in [0.15, 0.2) is 84.0 Å². The van der Waals surface area contributed by atoms with Crippen molar-refractivity contribution in [3.8, 4) is 11.5 Å². The number of nitrogens with zero attached hydrogens (tertiary/aromatic N) is 1. The van der Waals surface area contributed by atoms with Gasteiger partial charge in [-0.05, 0) is 66.1 Å². The van der Waals surface area contributed by atoms with Crippen LogP contribution in [-0.2, 0) is 11.2 Å². The molecule has 0 saturated carbocycles. The summed E-state index contributed by atoms with van der Waals surface area (Å²) >= 11 is 0. The minimum atomic E-state index is -0.448. The van der Waals surface area contributed by atoms with Gasteiger partial charge in [0, 0.05) is 0 Å². The molecule has 0 aromatic heterocycles. The van der Waals surface area contributed by atoms with E-state index >= 15 is 0 Å². The number of hydrogen-bond acceptors (Lipinski definition) is 5. The summed E-state index contributed by atoms with van der Waals surface area (Å²) in [5, 5.41) is 3.96. The molecule has 6 nitrogen and oxygen atoms in total. The van der Waals surface area contributed by atoms with Crippen LogP contribution in [-0.4, -0.2) is 24.7 Å². The molecular weight excluding hydrogens is 392 g/mol. The van der Waals surface area contributed by atoms with Crippen LogP contribution < -0.4 is 14.9 Å². The summed E-state index contributed by atoms with van der Waals surface area (Å²) in [5.41, 5.74) is 4.62. The third-order valence-corrected chi connectivity index (χ3v) is 4.26. The molecule has 0 heterocycles. The molecule has 31 heavy (non-hydrogen) atoms. The SMILES string of the molecule is CCCOc1ccc(C(=O)Oc2ccc(C=NNC(=O)Cc3ccccc3)cc2)cc1. The van der Waals surface area contributed by atoms with Crippen LogP contribution in [0.1, 0.15) is 34.8 Å². The van der Waals surface area contributed by atoms with Crippen molar-refractivity contribution < 1.29 is 19.1 Å². The fourth-order valence-electron chi connectivity index (χ4n) is 2.69. The van der Waals surface area contributed by atoms with Crippen LogP contribution in [0.25, 0.3) is 0 Å². The number of benzene rings is 3. The van der Waals surface area contributed by atoms with Crippen LogP contribution >= 0.6 is 0 Å². The van der Waals surface area contributed by atoms with E-state index in [4.69, 9.17) is 9.47 Å². The van der Waals surface area contributed by atoms with Crippen LogP contribution in [0, 0.1) is 0 Å². The van der Waals surface area contributed by atoms with E-state index in [1.165, 1.54) is 6.21 Å². The average Bonchev–Trinajstić information content (AvgIpc) is 2.80. The lowest BCUT2D eigenvalue weighted by Gasteiger charge is -2.07. The highest BCUT2D eigenvalue weighted by molar-refractivity contribution is 5.91. The Morgan fingerprint density at radius 2 is 1.58 bits per heavy atom. The van der Waals surface area contributed by atoms with Crippen LogP contribution in [0.3, 0.4) is 0 Å². The zero-order valence-electron chi connectivity index (χ0n) is 17.3. The Morgan fingerprint density at radius 1 is 0.903 bits per heavy atom. The van der Waals surface area contributed by atoms with Crippen LogP contribution in [0.4, 0.5) is 0 Å². The summed E-state index contributed by atoms with van der Waals surface area (Å²) in [6.45, 7) is 2.67. The highest BCUT2D eigenvalue weighted by Crippen LogP contribution is 2.16. The fourth-order valence-corrected chi connectivity index (χ4v) is 2.69. The van der Waals surface area contributed by atoms with Crippen molar-refractivity contribution in [2.75, 3.05) is 6.61 Å². The molecule has 0 bridgehead atoms. The Bertz CT molecular complexity index is 1010. The van der Waals surface area contributed by atoms with Gasteiger partial charge >= 0.3 is 5.97 Å². The van der Waals surface area contributed by atoms with Crippen molar-refractivity contribution >= 4 is 18.1 Å². The molecule has 1 N–H and O–H groups in total. The minimum Gasteiger partial charge on any atom is -0.494 e. The molecule has 3 aromatic rings. The normalized spacial score (nSPS) is 10.6. The second kappa shape index (κ2) is 11.3. The molecule has 0 aliphatic heterocycles. The first-order valence-corrected chi connectivity index (χ1v) is 10.0. The number of rotatable bonds is 9. The molecule has 0 unspecified atom stereocenters. The van der Waals surface area contributed by atoms with E-state index in [1.54, 1.807) is 48.5 Å². The molecule has 3 rings (SSSR count). The molecule has 0 atom stereocenters. The third kappa shape index (κ3) is 7.12. The van der Waals surface area contributed by atoms with Crippen molar-refractivity contribution in [1.82, 2.24) is 5.43 Å². The summed E-state index contributed by atoms with van der Waals surface area (Å²) in [6.07, 6.45) is 2.72. The summed E-state index contributed by atoms with van der Waals surface area (Å²) in [4.78, 5) is 24.2. The summed E-state index contributed by atoms with van der Waals surface area (Å²) < 4.78 is 10.9. The standard InChI is InChI=1S/C25H24N2O4/c1-2-16-30-22-14-10-21(11-15-22)25(29)31-23-12-8-20(9-13-23)18-26-27-24(28)17-19-6-4-3-5-7-19/h3-15,18H,2,16-17H2,1H3,(H,27,28). The van der Waals surface area contributed by atoms with Crippen molar-refractivity contribution in [3.63, 3.8) is 0 Å². The van der Waals surface area contributed by atoms with Crippen LogP contribution in [0.5, 0.6) is 11.5 Å². The van der Waals surface area contributed by atoms with Crippen LogP contribution in [0.2, 0.25) is 0 Å². The first-order valence-electron chi connectivity index (χ1n) is 10.0. The van der Waals surface area contributed by atoms with E-state index in [2.05, 4.69) is 10.5 Å². The van der Waals surface area contributed by atoms with E-state index in [-0.39, 0.29) is 12.3 Å². The van der Waals surface area contributed by atoms with Gasteiger partial charge in [0.15, 0.2) is 0 Å². The number of esters is 1. The van der Waals surface area contributed by atoms with E-state index in [0.717, 1.165) is 23.3 Å². The molecule has 6 heteroatoms. The van der Waals surface area contributed by atoms with Gasteiger partial charge in [0.1, 0.15) is 11.5 Å². The second-order valence-corrected chi connectivity index (χ2v) is 6.79. The van der Waals surface area contributed by atoms with Gasteiger partial charge in [-0.2, -0.15) is 5.10 Å². The van der Waals surface area contributed by atoms with Gasteiger partial charge < -0.3 is 9.47 Å². The third-order valence-electron chi connectivity index (χ3n) is 4.26. The number of ether oxygens (including phenoxy) is 2. The lowest BCUT2D eigenvalue weighted by molar-refractivity contribution is -0.120. The average molecular weight is 416 g/mol. The quantitative estimate of drug-likeness (QED) is 0.243. The Morgan fingerprint density at radius 3 is 2.26 bits per heavy atom. The van der Waals surface area contributed by atoms with Gasteiger partial charge in [0.2, 0.25) is 5.91 Å². The molecule has 158 valence electrons. The monoisotopic (exact) mass is 416 g/mol. The fraction of sp³-hybridized carbons (Fsp3) is 0.160. The van der Waals surface area contributed by atoms with Gasteiger partial charge in [-0.1, -0.05) is 37.3 Å². The number of carbonyl (C=O) groups is 2. The maximum Gasteiger partial charge on any atom is 0.343 e. The zero-order valence-corrected chi connectivity index (χ0v) is 17.3. The lowest BCUT2D eigenvalue weighted by atomic mass is 10.1. The molecule has 0 aliphatic carbocycles. The van der Waals surface area contributed by atoms with Gasteiger partial charge in [-0.3, -0.25) is 4.79 Å². The topological polar surface area (TPSA) is 77.0 Å². The maximum absolute atomic E-state index is 12.3. The van der Waals surface area contributed by atoms with Crippen molar-refractivity contribution in [2.45, 2.75) is 19.8 Å². The molecular formula is C25H24N2O4. The molecule has 0 radical (unpaired) electrons. The largest absolute Gasteiger partial charge is 0.494 e. The summed E-state index contributed by atoms with van der Waals surface area (Å²) in [5.74, 6) is 0.496. The van der Waals surface area contributed by atoms with Crippen molar-refractivity contribution in [2.24, 2.45) is 5.10 Å². The highest BCUT2D eigenvalue weighted by atomic mass is 16.5. The van der Waals surface area contributed by atoms with E-state index in [0.29, 0.717) is 17.9 Å². The lowest BCUT2D eigenvalue weighted by Crippen LogP contribution is -2.19. The van der Waals surface area contributed by atoms with Crippen molar-refractivity contribution in [3.05, 3.63) is 95.6 Å². The Labute approximate surface area is 181 Å². The smallest absolute Gasteiger partial charge is 0.343 e. The van der Waals surface area contributed by atoms with E-state index in [1.807, 2.05) is 37.3 Å². The zero-order chi connectivity index (χ0) is 21.9.